The van der Waals surface area contributed by atoms with Crippen LogP contribution in [-0.2, 0) is 76.1 Å². The van der Waals surface area contributed by atoms with Gasteiger partial charge in [0, 0.05) is 52.3 Å². The molecular formula is C69H121N5O26. The molecule has 0 aromatic heterocycles. The second-order valence-corrected chi connectivity index (χ2v) is 28.6. The van der Waals surface area contributed by atoms with Crippen LogP contribution in [0.15, 0.2) is 0 Å². The number of amides is 5. The highest BCUT2D eigenvalue weighted by atomic mass is 16.8. The van der Waals surface area contributed by atoms with Crippen LogP contribution >= 0.6 is 0 Å². The van der Waals surface area contributed by atoms with Gasteiger partial charge in [-0.3, -0.25) is 24.0 Å². The Morgan fingerprint density at radius 1 is 0.460 bits per heavy atom. The first kappa shape index (κ1) is 85.0. The van der Waals surface area contributed by atoms with Gasteiger partial charge in [-0.15, -0.1) is 0 Å². The molecule has 16 unspecified atom stereocenters. The van der Waals surface area contributed by atoms with E-state index in [-0.39, 0.29) is 30.4 Å². The second kappa shape index (κ2) is 42.3. The number of ether oxygens (including phenoxy) is 10. The van der Waals surface area contributed by atoms with Crippen molar-refractivity contribution in [2.45, 2.75) is 375 Å². The molecule has 31 nitrogen and oxygen atoms in total. The first-order valence-corrected chi connectivity index (χ1v) is 36.8. The maximum Gasteiger partial charge on any atom is 0.335 e. The van der Waals surface area contributed by atoms with Crippen LogP contribution in [0.3, 0.4) is 0 Å². The monoisotopic (exact) mass is 1440 g/mol. The van der Waals surface area contributed by atoms with Crippen LogP contribution in [0.4, 0.5) is 0 Å². The number of carboxylic acid groups (broad SMARTS) is 1. The molecule has 0 aromatic rings. The van der Waals surface area contributed by atoms with Crippen LogP contribution in [0.2, 0.25) is 0 Å². The molecule has 0 aromatic carbocycles. The minimum absolute atomic E-state index is 0.0472. The third kappa shape index (κ3) is 24.8. The van der Waals surface area contributed by atoms with Crippen LogP contribution in [-0.4, -0.2) is 265 Å². The summed E-state index contributed by atoms with van der Waals surface area (Å²) in [7, 11) is 0. The SMILES string of the molecule is CCCCCCCC(C)(NC(=O)CCCCC(=O)NCCCCCO[C@@H]1OC(C)[C@H](O)C(O[C@@H]2OC(C)[C@@H](O[C@@H]3OC(CO)[C@@H](O)C(O)C3O)C(O[C@@H]3OC(C(=O)O)[C@@H](O)C(O)C3O[C@@H]3OC(C)[C@@H](O)C(O)C3NC(C)=O)C2NC(C)=O)C1NC(C)=O)C1CCCCCCCCCCCC1. The van der Waals surface area contributed by atoms with Gasteiger partial charge in [-0.05, 0) is 85.0 Å². The zero-order valence-electron chi connectivity index (χ0n) is 59.8. The zero-order valence-corrected chi connectivity index (χ0v) is 59.8. The van der Waals surface area contributed by atoms with Crippen molar-refractivity contribution < 1.29 is 127 Å². The van der Waals surface area contributed by atoms with Crippen molar-refractivity contribution in [2.75, 3.05) is 19.8 Å². The molecule has 5 heterocycles. The molecule has 100 heavy (non-hydrogen) atoms. The number of aliphatic hydroxyl groups is 9. The largest absolute Gasteiger partial charge is 0.479 e. The van der Waals surface area contributed by atoms with E-state index in [0.717, 1.165) is 46.0 Å². The minimum atomic E-state index is -2.29. The van der Waals surface area contributed by atoms with Gasteiger partial charge in [0.1, 0.15) is 97.5 Å². The summed E-state index contributed by atoms with van der Waals surface area (Å²) in [5, 5.41) is 124. The lowest BCUT2D eigenvalue weighted by Crippen LogP contribution is -2.71. The van der Waals surface area contributed by atoms with Crippen molar-refractivity contribution in [3.8, 4) is 0 Å². The van der Waals surface area contributed by atoms with E-state index in [4.69, 9.17) is 47.4 Å². The molecule has 6 fully saturated rings. The average molecular weight is 1440 g/mol. The number of unbranched alkanes of at least 4 members (excludes halogenated alkanes) is 7. The zero-order chi connectivity index (χ0) is 73.4. The Balaban J connectivity index is 1.12. The Kier molecular flexibility index (Phi) is 35.9. The molecule has 1 aliphatic carbocycles. The van der Waals surface area contributed by atoms with E-state index in [2.05, 4.69) is 40.4 Å². The molecule has 6 rings (SSSR count). The van der Waals surface area contributed by atoms with Gasteiger partial charge < -0.3 is 125 Å². The Morgan fingerprint density at radius 3 is 1.57 bits per heavy atom. The summed E-state index contributed by atoms with van der Waals surface area (Å²) in [5.41, 5.74) is -0.271. The van der Waals surface area contributed by atoms with E-state index in [1.54, 1.807) is 0 Å². The summed E-state index contributed by atoms with van der Waals surface area (Å²) in [4.78, 5) is 78.3. The highest BCUT2D eigenvalue weighted by molar-refractivity contribution is 5.78. The lowest BCUT2D eigenvalue weighted by molar-refractivity contribution is -0.388. The Labute approximate surface area is 587 Å². The van der Waals surface area contributed by atoms with E-state index < -0.39 is 184 Å². The van der Waals surface area contributed by atoms with E-state index in [0.29, 0.717) is 51.0 Å². The van der Waals surface area contributed by atoms with Gasteiger partial charge in [-0.2, -0.15) is 0 Å². The van der Waals surface area contributed by atoms with Crippen molar-refractivity contribution in [1.82, 2.24) is 26.6 Å². The number of hydrogen-bond donors (Lipinski definition) is 15. The molecule has 31 heteroatoms. The Bertz CT molecular complexity index is 2460. The fourth-order valence-corrected chi connectivity index (χ4v) is 14.5. The maximum absolute atomic E-state index is 13.7. The summed E-state index contributed by atoms with van der Waals surface area (Å²) in [6, 6.07) is -4.65. The Hall–Kier alpha value is -3.94. The van der Waals surface area contributed by atoms with Gasteiger partial charge in [0.05, 0.1) is 24.9 Å². The lowest BCUT2D eigenvalue weighted by Gasteiger charge is -2.52. The van der Waals surface area contributed by atoms with E-state index >= 15 is 0 Å². The van der Waals surface area contributed by atoms with E-state index in [1.807, 2.05) is 0 Å². The minimum Gasteiger partial charge on any atom is -0.479 e. The van der Waals surface area contributed by atoms with Gasteiger partial charge >= 0.3 is 5.97 Å². The van der Waals surface area contributed by atoms with E-state index in [1.165, 1.54) is 111 Å². The van der Waals surface area contributed by atoms with Crippen LogP contribution in [0.5, 0.6) is 0 Å². The molecule has 578 valence electrons. The predicted molar refractivity (Wildman–Crippen MR) is 356 cm³/mol. The number of carboxylic acids is 1. The smallest absolute Gasteiger partial charge is 0.335 e. The highest BCUT2D eigenvalue weighted by Crippen LogP contribution is 2.39. The van der Waals surface area contributed by atoms with Gasteiger partial charge in [-0.1, -0.05) is 103 Å². The normalized spacial score (nSPS) is 37.2. The van der Waals surface area contributed by atoms with Crippen LogP contribution < -0.4 is 26.6 Å². The summed E-state index contributed by atoms with van der Waals surface area (Å²) in [6.45, 7) is 11.6. The molecule has 15 N–H and O–H groups in total. The predicted octanol–water partition coefficient (Wildman–Crippen LogP) is 1.10. The first-order chi connectivity index (χ1) is 47.6. The Morgan fingerprint density at radius 2 is 0.970 bits per heavy atom. The van der Waals surface area contributed by atoms with E-state index in [9.17, 15) is 79.8 Å². The lowest BCUT2D eigenvalue weighted by atomic mass is 9.75. The first-order valence-electron chi connectivity index (χ1n) is 36.8. The van der Waals surface area contributed by atoms with Crippen LogP contribution in [0.1, 0.15) is 216 Å². The molecule has 6 aliphatic rings. The van der Waals surface area contributed by atoms with Gasteiger partial charge in [0.25, 0.3) is 0 Å². The quantitative estimate of drug-likeness (QED) is 0.0409. The standard InChI is InChI=1S/C69H121N5O26/c1-9-10-11-20-26-33-69(8,43-29-22-18-16-14-12-13-15-17-19-23-30-43)74-46(80)32-25-24-31-45(79)70-34-27-21-28-35-91-64-48(72-41(6)77)59(51(82)38(3)92-64)97-66-49(73-42(7)78)60(58(39(4)94-66)96-67-57(88)54(85)52(83)44(36-75)95-67)98-68-62(56(87)55(86)61(99-68)63(89)90)100-65-47(71-40(5)76)53(84)50(81)37(2)93-65/h37-39,43-44,47-62,64-68,75,81-88H,9-36H2,1-8H3,(H,70,79)(H,71,76)(H,72,77)(H,73,78)(H,74,80)(H,89,90)/t37?,38?,39?,44?,47?,48?,49?,50-,51+,52-,53?,54?,55+,56?,57?,58-,59?,60?,61?,62?,64-,65+,66+,67+,68-,69?/m1/s1. The van der Waals surface area contributed by atoms with Gasteiger partial charge in [0.15, 0.2) is 37.6 Å². The number of carbonyl (C=O) groups excluding carboxylic acids is 5. The molecule has 0 radical (unpaired) electrons. The summed E-state index contributed by atoms with van der Waals surface area (Å²) < 4.78 is 61.8. The molecule has 26 atom stereocenters. The number of hydrogen-bond acceptors (Lipinski definition) is 25. The second-order valence-electron chi connectivity index (χ2n) is 28.6. The van der Waals surface area contributed by atoms with Crippen molar-refractivity contribution in [1.29, 1.82) is 0 Å². The molecule has 5 saturated heterocycles. The molecule has 1 saturated carbocycles. The van der Waals surface area contributed by atoms with Gasteiger partial charge in [0.2, 0.25) is 29.5 Å². The van der Waals surface area contributed by atoms with Crippen molar-refractivity contribution in [3.63, 3.8) is 0 Å². The van der Waals surface area contributed by atoms with Crippen molar-refractivity contribution in [3.05, 3.63) is 0 Å². The third-order valence-corrected chi connectivity index (χ3v) is 20.3. The maximum atomic E-state index is 13.7. The number of carbonyl (C=O) groups is 6. The average Bonchev–Trinajstić information content (AvgIpc) is 0.760. The summed E-state index contributed by atoms with van der Waals surface area (Å²) in [6.07, 6.45) is -14.0. The molecule has 0 spiro atoms. The van der Waals surface area contributed by atoms with Crippen molar-refractivity contribution >= 4 is 35.5 Å². The summed E-state index contributed by atoms with van der Waals surface area (Å²) in [5.74, 6) is -3.63. The molecular weight excluding hydrogens is 1310 g/mol. The number of aliphatic carboxylic acids is 1. The molecule has 5 aliphatic heterocycles. The topological polar surface area (TPSA) is 457 Å². The molecule has 0 bridgehead atoms. The molecule has 5 amide bonds. The third-order valence-electron chi connectivity index (χ3n) is 20.3. The van der Waals surface area contributed by atoms with Crippen molar-refractivity contribution in [2.24, 2.45) is 5.92 Å². The van der Waals surface area contributed by atoms with Crippen LogP contribution in [0.25, 0.3) is 0 Å². The van der Waals surface area contributed by atoms with Crippen LogP contribution in [0, 0.1) is 5.92 Å². The van der Waals surface area contributed by atoms with Gasteiger partial charge in [-0.25, -0.2) is 4.79 Å². The number of aliphatic hydroxyl groups excluding tert-OH is 9. The number of nitrogens with one attached hydrogen (secondary N) is 5. The number of rotatable bonds is 33. The fraction of sp³-hybridized carbons (Fsp3) is 0.913. The highest BCUT2D eigenvalue weighted by Gasteiger charge is 2.59. The fourth-order valence-electron chi connectivity index (χ4n) is 14.5. The summed E-state index contributed by atoms with van der Waals surface area (Å²) >= 11 is 0.